The molecule has 2 aromatic heterocycles. The van der Waals surface area contributed by atoms with Gasteiger partial charge in [0.25, 0.3) is 0 Å². The van der Waals surface area contributed by atoms with E-state index in [4.69, 9.17) is 33.7 Å². The molecule has 0 aliphatic carbocycles. The van der Waals surface area contributed by atoms with Crippen LogP contribution in [0.15, 0.2) is 55.1 Å². The van der Waals surface area contributed by atoms with Gasteiger partial charge < -0.3 is 29.2 Å². The number of anilines is 1. The van der Waals surface area contributed by atoms with E-state index in [1.54, 1.807) is 23.6 Å². The van der Waals surface area contributed by atoms with Gasteiger partial charge in [0.15, 0.2) is 29.9 Å². The van der Waals surface area contributed by atoms with Crippen molar-refractivity contribution in [1.82, 2.24) is 24.6 Å². The lowest BCUT2D eigenvalue weighted by Crippen LogP contribution is -2.41. The van der Waals surface area contributed by atoms with Crippen molar-refractivity contribution >= 4 is 47.6 Å². The van der Waals surface area contributed by atoms with E-state index >= 15 is 0 Å². The molecular formula is C30H35N6O9P. The smallest absolute Gasteiger partial charge is 0.464 e. The van der Waals surface area contributed by atoms with Crippen molar-refractivity contribution < 1.29 is 42.1 Å². The Balaban J connectivity index is 1.29. The minimum absolute atomic E-state index is 0.148. The maximum absolute atomic E-state index is 14.6. The Morgan fingerprint density at radius 1 is 1.09 bits per heavy atom. The van der Waals surface area contributed by atoms with Crippen molar-refractivity contribution in [3.05, 3.63) is 55.1 Å². The average Bonchev–Trinajstić information content (AvgIpc) is 3.69. The number of ether oxygens (including phenoxy) is 4. The second-order valence-corrected chi connectivity index (χ2v) is 14.0. The Morgan fingerprint density at radius 2 is 1.83 bits per heavy atom. The number of nitrogens with zero attached hydrogens (tertiary/aromatic N) is 4. The molecule has 4 aromatic rings. The number of nitrogen functional groups attached to an aromatic ring is 1. The van der Waals surface area contributed by atoms with E-state index in [2.05, 4.69) is 20.0 Å². The minimum atomic E-state index is -4.37. The van der Waals surface area contributed by atoms with Crippen LogP contribution in [0.3, 0.4) is 0 Å². The van der Waals surface area contributed by atoms with Crippen LogP contribution in [-0.2, 0) is 32.8 Å². The third kappa shape index (κ3) is 6.36. The fraction of sp³-hybridized carbons (Fsp3) is 0.433. The summed E-state index contributed by atoms with van der Waals surface area (Å²) in [6.45, 7) is 9.01. The van der Waals surface area contributed by atoms with Crippen LogP contribution < -0.4 is 15.3 Å². The number of rotatable bonds is 10. The lowest BCUT2D eigenvalue weighted by Gasteiger charge is -2.29. The summed E-state index contributed by atoms with van der Waals surface area (Å²) in [5.41, 5.74) is 6.36. The number of benzene rings is 2. The second kappa shape index (κ2) is 12.1. The lowest BCUT2D eigenvalue weighted by atomic mass is 9.99. The van der Waals surface area contributed by atoms with E-state index in [1.165, 1.54) is 19.6 Å². The summed E-state index contributed by atoms with van der Waals surface area (Å²) in [7, 11) is -4.37. The summed E-state index contributed by atoms with van der Waals surface area (Å²) in [6, 6.07) is 11.6. The van der Waals surface area contributed by atoms with Crippen LogP contribution in [-0.4, -0.2) is 68.7 Å². The number of fused-ring (bicyclic) bond motifs is 3. The molecule has 15 nitrogen and oxygen atoms in total. The predicted octanol–water partition coefficient (Wildman–Crippen LogP) is 4.52. The van der Waals surface area contributed by atoms with Gasteiger partial charge in [-0.2, -0.15) is 5.09 Å². The monoisotopic (exact) mass is 654 g/mol. The number of aromatic nitrogens is 4. The van der Waals surface area contributed by atoms with Crippen molar-refractivity contribution in [2.24, 2.45) is 5.41 Å². The first-order valence-electron chi connectivity index (χ1n) is 14.7. The first-order valence-corrected chi connectivity index (χ1v) is 16.2. The molecule has 6 rings (SSSR count). The van der Waals surface area contributed by atoms with Gasteiger partial charge >= 0.3 is 19.9 Å². The zero-order valence-electron chi connectivity index (χ0n) is 25.9. The Bertz CT molecular complexity index is 1820. The van der Waals surface area contributed by atoms with Gasteiger partial charge in [0, 0.05) is 5.39 Å². The van der Waals surface area contributed by atoms with Crippen LogP contribution >= 0.6 is 7.75 Å². The molecule has 3 N–H and O–H groups in total. The molecule has 46 heavy (non-hydrogen) atoms. The normalized spacial score (nSPS) is 23.7. The van der Waals surface area contributed by atoms with Gasteiger partial charge in [-0.3, -0.25) is 13.9 Å². The van der Waals surface area contributed by atoms with Gasteiger partial charge in [-0.25, -0.2) is 24.3 Å². The Hall–Kier alpha value is -4.30. The van der Waals surface area contributed by atoms with Crippen molar-refractivity contribution in [1.29, 1.82) is 0 Å². The average molecular weight is 655 g/mol. The molecule has 2 aliphatic heterocycles. The first kappa shape index (κ1) is 31.7. The zero-order chi connectivity index (χ0) is 32.8. The van der Waals surface area contributed by atoms with Crippen molar-refractivity contribution in [3.8, 4) is 5.75 Å². The van der Waals surface area contributed by atoms with E-state index in [0.29, 0.717) is 16.6 Å². The highest BCUT2D eigenvalue weighted by Crippen LogP contribution is 2.50. The molecule has 16 heteroatoms. The van der Waals surface area contributed by atoms with Crippen LogP contribution in [0, 0.1) is 5.41 Å². The third-order valence-corrected chi connectivity index (χ3v) is 9.19. The highest BCUT2D eigenvalue weighted by molar-refractivity contribution is 7.52. The third-order valence-electron chi connectivity index (χ3n) is 7.44. The molecule has 4 heterocycles. The molecule has 2 aliphatic rings. The van der Waals surface area contributed by atoms with Gasteiger partial charge in [0.1, 0.15) is 29.7 Å². The molecular weight excluding hydrogens is 619 g/mol. The largest absolute Gasteiger partial charge is 0.509 e. The van der Waals surface area contributed by atoms with Gasteiger partial charge in [0.05, 0.1) is 19.0 Å². The van der Waals surface area contributed by atoms with Gasteiger partial charge in [-0.15, -0.1) is 0 Å². The zero-order valence-corrected chi connectivity index (χ0v) is 26.7. The van der Waals surface area contributed by atoms with Crippen molar-refractivity contribution in [3.63, 3.8) is 0 Å². The number of esters is 1. The number of nitrogens with one attached hydrogen (secondary N) is 1. The number of hydrogen-bond acceptors (Lipinski definition) is 13. The summed E-state index contributed by atoms with van der Waals surface area (Å²) < 4.78 is 51.1. The van der Waals surface area contributed by atoms with E-state index in [9.17, 15) is 14.2 Å². The van der Waals surface area contributed by atoms with Gasteiger partial charge in [-0.1, -0.05) is 57.2 Å². The summed E-state index contributed by atoms with van der Waals surface area (Å²) >= 11 is 0. The van der Waals surface area contributed by atoms with E-state index < -0.39 is 56.6 Å². The quantitative estimate of drug-likeness (QED) is 0.179. The highest BCUT2D eigenvalue weighted by atomic mass is 31.2. The van der Waals surface area contributed by atoms with Gasteiger partial charge in [0.2, 0.25) is 0 Å². The molecule has 2 fully saturated rings. The number of carbonyl (C=O) groups excluding carboxylic acids is 2. The lowest BCUT2D eigenvalue weighted by molar-refractivity contribution is -0.148. The number of nitrogens with two attached hydrogens (primary N) is 1. The Kier molecular flexibility index (Phi) is 8.36. The molecule has 244 valence electrons. The summed E-state index contributed by atoms with van der Waals surface area (Å²) in [5.74, 6) is -0.215. The molecule has 7 unspecified atom stereocenters. The molecule has 0 spiro atoms. The molecule has 7 atom stereocenters. The fourth-order valence-corrected chi connectivity index (χ4v) is 7.01. The van der Waals surface area contributed by atoms with Crippen LogP contribution in [0.2, 0.25) is 0 Å². The molecule has 2 aromatic carbocycles. The SMILES string of the molecule is CC(NP(=O)(Oc1cccc2ccccc12)OC(C)C1OC(n2cnc3c(N)ncnc32)C2OC(=O)OC12)C(=O)OCC(C)(C)C. The van der Waals surface area contributed by atoms with Crippen LogP contribution in [0.5, 0.6) is 5.75 Å². The number of hydrogen-bond donors (Lipinski definition) is 2. The summed E-state index contributed by atoms with van der Waals surface area (Å²) in [5, 5.41) is 4.25. The number of imidazole rings is 1. The van der Waals surface area contributed by atoms with Crippen LogP contribution in [0.1, 0.15) is 40.8 Å². The fourth-order valence-electron chi connectivity index (χ4n) is 5.30. The maximum atomic E-state index is 14.6. The van der Waals surface area contributed by atoms with E-state index in [1.807, 2.05) is 51.1 Å². The van der Waals surface area contributed by atoms with Crippen molar-refractivity contribution in [2.45, 2.75) is 71.3 Å². The standard InChI is InChI=1S/C30H35N6O9P/c1-16(28(37)40-13-30(3,4)5)35-46(39,45-20-12-8-10-18-9-6-7-11-19(18)20)44-17(2)22-23-24(43-29(38)42-23)27(41-22)36-15-34-21-25(31)32-14-33-26(21)36/h6-12,14-17,22-24,27H,13H2,1-5H3,(H,35,39)(H2,31,32,33). The molecule has 0 saturated carbocycles. The predicted molar refractivity (Wildman–Crippen MR) is 165 cm³/mol. The maximum Gasteiger partial charge on any atom is 0.509 e. The van der Waals surface area contributed by atoms with E-state index in [-0.39, 0.29) is 23.6 Å². The number of carbonyl (C=O) groups is 2. The highest BCUT2D eigenvalue weighted by Gasteiger charge is 2.58. The van der Waals surface area contributed by atoms with Crippen molar-refractivity contribution in [2.75, 3.05) is 12.3 Å². The summed E-state index contributed by atoms with van der Waals surface area (Å²) in [6.07, 6.45) is -3.02. The second-order valence-electron chi connectivity index (χ2n) is 12.4. The van der Waals surface area contributed by atoms with E-state index in [0.717, 1.165) is 5.39 Å². The molecule has 0 bridgehead atoms. The van der Waals surface area contributed by atoms with Crippen LogP contribution in [0.4, 0.5) is 10.6 Å². The topological polar surface area (TPSA) is 188 Å². The molecule has 0 radical (unpaired) electrons. The molecule has 0 amide bonds. The minimum Gasteiger partial charge on any atom is -0.464 e. The first-order chi connectivity index (χ1) is 21.8. The van der Waals surface area contributed by atoms with Gasteiger partial charge in [-0.05, 0) is 30.7 Å². The Morgan fingerprint density at radius 3 is 2.61 bits per heavy atom. The molecule has 2 saturated heterocycles. The summed E-state index contributed by atoms with van der Waals surface area (Å²) in [4.78, 5) is 37.7. The van der Waals surface area contributed by atoms with Crippen LogP contribution in [0.25, 0.3) is 21.9 Å². The Labute approximate surface area is 264 Å².